The molecular formula is C25H33BrN4O3. The number of halogens is 1. The van der Waals surface area contributed by atoms with Crippen LogP contribution < -0.4 is 15.5 Å². The van der Waals surface area contributed by atoms with Crippen LogP contribution in [0.2, 0.25) is 0 Å². The molecule has 2 aromatic heterocycles. The number of hydrogen-bond donors (Lipinski definition) is 2. The number of allylic oxidation sites excluding steroid dienone is 3. The number of amides is 1. The Hall–Kier alpha value is -2.58. The van der Waals surface area contributed by atoms with E-state index < -0.39 is 0 Å². The number of hydrogen-bond acceptors (Lipinski definition) is 5. The molecule has 33 heavy (non-hydrogen) atoms. The minimum atomic E-state index is -0.199. The van der Waals surface area contributed by atoms with E-state index in [-0.39, 0.29) is 12.5 Å². The van der Waals surface area contributed by atoms with Gasteiger partial charge in [0.1, 0.15) is 12.1 Å². The number of carbonyl (C=O) groups excluding carboxylic acids is 2. The highest BCUT2D eigenvalue weighted by Crippen LogP contribution is 2.31. The van der Waals surface area contributed by atoms with E-state index in [4.69, 9.17) is 4.74 Å². The van der Waals surface area contributed by atoms with Crippen LogP contribution in [0.1, 0.15) is 42.6 Å². The Balaban J connectivity index is 1.94. The number of carbonyl (C=O) groups is 2. The van der Waals surface area contributed by atoms with E-state index in [9.17, 15) is 9.59 Å². The van der Waals surface area contributed by atoms with Gasteiger partial charge in [-0.3, -0.25) is 9.59 Å². The standard InChI is InChI=1S/C25H33BrN4O3/c1-16(10-17(2)27-4)19(15-31)13-28-24(32)23-12-22-11-20(26)14-30(22)25(18(23)3)29(5)21-6-8-33-9-7-21/h10-12,14-15,21,27H,6-9,13H2,1-5H3,(H,28,32)/b17-10-,19-16-. The zero-order valence-electron chi connectivity index (χ0n) is 20.0. The molecule has 1 fully saturated rings. The Morgan fingerprint density at radius 3 is 2.64 bits per heavy atom. The molecule has 0 unspecified atom stereocenters. The van der Waals surface area contributed by atoms with Crippen molar-refractivity contribution in [2.75, 3.05) is 38.8 Å². The van der Waals surface area contributed by atoms with Gasteiger partial charge in [0.05, 0.1) is 0 Å². The van der Waals surface area contributed by atoms with Crippen LogP contribution in [0.5, 0.6) is 0 Å². The molecule has 0 aliphatic carbocycles. The number of nitrogens with zero attached hydrogens (tertiary/aromatic N) is 2. The van der Waals surface area contributed by atoms with Gasteiger partial charge in [-0.2, -0.15) is 0 Å². The van der Waals surface area contributed by atoms with E-state index in [2.05, 4.69) is 42.9 Å². The quantitative estimate of drug-likeness (QED) is 0.315. The van der Waals surface area contributed by atoms with Gasteiger partial charge in [0.25, 0.3) is 5.91 Å². The van der Waals surface area contributed by atoms with Crippen LogP contribution in [0.15, 0.2) is 45.7 Å². The van der Waals surface area contributed by atoms with Crippen molar-refractivity contribution < 1.29 is 14.3 Å². The first-order chi connectivity index (χ1) is 15.8. The summed E-state index contributed by atoms with van der Waals surface area (Å²) in [5, 5.41) is 5.98. The molecule has 0 atom stereocenters. The molecule has 0 bridgehead atoms. The van der Waals surface area contributed by atoms with Gasteiger partial charge >= 0.3 is 0 Å². The highest BCUT2D eigenvalue weighted by molar-refractivity contribution is 9.10. The van der Waals surface area contributed by atoms with Gasteiger partial charge in [0.2, 0.25) is 0 Å². The number of pyridine rings is 1. The highest BCUT2D eigenvalue weighted by Gasteiger charge is 2.25. The van der Waals surface area contributed by atoms with Crippen molar-refractivity contribution in [2.45, 2.75) is 39.7 Å². The van der Waals surface area contributed by atoms with Crippen molar-refractivity contribution in [2.24, 2.45) is 0 Å². The first kappa shape index (κ1) is 25.1. The Kier molecular flexibility index (Phi) is 8.37. The van der Waals surface area contributed by atoms with Crippen molar-refractivity contribution in [1.82, 2.24) is 15.0 Å². The second-order valence-electron chi connectivity index (χ2n) is 8.50. The number of ether oxygens (including phenoxy) is 1. The summed E-state index contributed by atoms with van der Waals surface area (Å²) in [6.07, 6.45) is 6.62. The van der Waals surface area contributed by atoms with Gasteiger partial charge in [-0.25, -0.2) is 0 Å². The predicted molar refractivity (Wildman–Crippen MR) is 136 cm³/mol. The molecule has 8 heteroatoms. The lowest BCUT2D eigenvalue weighted by molar-refractivity contribution is -0.105. The summed E-state index contributed by atoms with van der Waals surface area (Å²) in [6, 6.07) is 4.25. The van der Waals surface area contributed by atoms with Gasteiger partial charge in [0, 0.05) is 78.5 Å². The molecule has 3 heterocycles. The average Bonchev–Trinajstić information content (AvgIpc) is 3.18. The molecule has 1 aliphatic heterocycles. The van der Waals surface area contributed by atoms with E-state index >= 15 is 0 Å². The Morgan fingerprint density at radius 2 is 2.00 bits per heavy atom. The van der Waals surface area contributed by atoms with Gasteiger partial charge in [-0.05, 0) is 73.3 Å². The zero-order chi connectivity index (χ0) is 24.1. The summed E-state index contributed by atoms with van der Waals surface area (Å²) >= 11 is 3.58. The maximum atomic E-state index is 13.3. The minimum Gasteiger partial charge on any atom is -0.392 e. The second-order valence-corrected chi connectivity index (χ2v) is 9.42. The zero-order valence-corrected chi connectivity index (χ0v) is 21.6. The molecule has 2 N–H and O–H groups in total. The molecule has 1 amide bonds. The van der Waals surface area contributed by atoms with Crippen LogP contribution >= 0.6 is 15.9 Å². The summed E-state index contributed by atoms with van der Waals surface area (Å²) in [5.41, 5.74) is 4.74. The van der Waals surface area contributed by atoms with Crippen LogP contribution in [0.4, 0.5) is 5.82 Å². The molecule has 2 aromatic rings. The molecule has 0 radical (unpaired) electrons. The SMILES string of the molecule is CN/C(C)=C\C(C)=C(/C=O)CNC(=O)c1cc2cc(Br)cn2c(N(C)C2CCOCC2)c1C. The summed E-state index contributed by atoms with van der Waals surface area (Å²) in [7, 11) is 3.91. The third-order valence-electron chi connectivity index (χ3n) is 6.31. The number of rotatable bonds is 8. The fraction of sp³-hybridized carbons (Fsp3) is 0.440. The van der Waals surface area contributed by atoms with Gasteiger partial charge in [-0.15, -0.1) is 0 Å². The third kappa shape index (κ3) is 5.68. The van der Waals surface area contributed by atoms with Crippen molar-refractivity contribution in [3.05, 3.63) is 56.8 Å². The van der Waals surface area contributed by atoms with E-state index in [1.807, 2.05) is 52.2 Å². The Labute approximate surface area is 204 Å². The number of anilines is 1. The maximum absolute atomic E-state index is 13.3. The first-order valence-electron chi connectivity index (χ1n) is 11.2. The maximum Gasteiger partial charge on any atom is 0.252 e. The fourth-order valence-corrected chi connectivity index (χ4v) is 4.69. The van der Waals surface area contributed by atoms with Crippen molar-refractivity contribution in [3.8, 4) is 0 Å². The van der Waals surface area contributed by atoms with E-state index in [0.717, 1.165) is 65.0 Å². The van der Waals surface area contributed by atoms with Crippen molar-refractivity contribution >= 4 is 39.5 Å². The summed E-state index contributed by atoms with van der Waals surface area (Å²) < 4.78 is 8.62. The minimum absolute atomic E-state index is 0.169. The lowest BCUT2D eigenvalue weighted by Gasteiger charge is -2.34. The lowest BCUT2D eigenvalue weighted by atomic mass is 10.0. The topological polar surface area (TPSA) is 75.1 Å². The van der Waals surface area contributed by atoms with Crippen LogP contribution in [0.25, 0.3) is 5.52 Å². The first-order valence-corrected chi connectivity index (χ1v) is 12.0. The monoisotopic (exact) mass is 516 g/mol. The summed E-state index contributed by atoms with van der Waals surface area (Å²) in [5.74, 6) is 0.792. The van der Waals surface area contributed by atoms with Crippen LogP contribution in [0, 0.1) is 6.92 Å². The molecule has 0 saturated carbocycles. The van der Waals surface area contributed by atoms with Crippen molar-refractivity contribution in [1.29, 1.82) is 0 Å². The largest absolute Gasteiger partial charge is 0.392 e. The van der Waals surface area contributed by atoms with Crippen LogP contribution in [-0.2, 0) is 9.53 Å². The predicted octanol–water partition coefficient (Wildman–Crippen LogP) is 3.99. The number of aldehydes is 1. The van der Waals surface area contributed by atoms with Gasteiger partial charge in [0.15, 0.2) is 0 Å². The molecule has 3 rings (SSSR count). The van der Waals surface area contributed by atoms with Crippen molar-refractivity contribution in [3.63, 3.8) is 0 Å². The molecule has 0 spiro atoms. The molecule has 178 valence electrons. The van der Waals surface area contributed by atoms with E-state index in [1.165, 1.54) is 0 Å². The number of aromatic nitrogens is 1. The highest BCUT2D eigenvalue weighted by atomic mass is 79.9. The van der Waals surface area contributed by atoms with Crippen LogP contribution in [0.3, 0.4) is 0 Å². The summed E-state index contributed by atoms with van der Waals surface area (Å²) in [4.78, 5) is 27.2. The second kappa shape index (κ2) is 11.0. The van der Waals surface area contributed by atoms with E-state index in [1.54, 1.807) is 0 Å². The van der Waals surface area contributed by atoms with Gasteiger partial charge in [-0.1, -0.05) is 0 Å². The average molecular weight is 517 g/mol. The molecule has 1 aliphatic rings. The smallest absolute Gasteiger partial charge is 0.252 e. The molecule has 7 nitrogen and oxygen atoms in total. The fourth-order valence-electron chi connectivity index (χ4n) is 4.25. The Morgan fingerprint density at radius 1 is 1.30 bits per heavy atom. The Bertz CT molecular complexity index is 1100. The number of fused-ring (bicyclic) bond motifs is 1. The molecular weight excluding hydrogens is 484 g/mol. The van der Waals surface area contributed by atoms with Gasteiger partial charge < -0.3 is 24.7 Å². The normalized spacial score (nSPS) is 15.9. The number of nitrogens with one attached hydrogen (secondary N) is 2. The van der Waals surface area contributed by atoms with E-state index in [0.29, 0.717) is 17.2 Å². The molecule has 1 saturated heterocycles. The van der Waals surface area contributed by atoms with Crippen LogP contribution in [-0.4, -0.2) is 56.5 Å². The summed E-state index contributed by atoms with van der Waals surface area (Å²) in [6.45, 7) is 7.43. The third-order valence-corrected chi connectivity index (χ3v) is 6.74. The molecule has 0 aromatic carbocycles. The lowest BCUT2D eigenvalue weighted by Crippen LogP contribution is -2.38.